The van der Waals surface area contributed by atoms with E-state index in [0.29, 0.717) is 0 Å². The van der Waals surface area contributed by atoms with Crippen molar-refractivity contribution in [2.75, 3.05) is 13.9 Å². The number of pyridine rings is 1. The van der Waals surface area contributed by atoms with E-state index in [2.05, 4.69) is 53.2 Å². The highest BCUT2D eigenvalue weighted by Gasteiger charge is 2.19. The van der Waals surface area contributed by atoms with Crippen molar-refractivity contribution in [2.24, 2.45) is 0 Å². The maximum Gasteiger partial charge on any atom is 0.231 e. The molecule has 3 aromatic rings. The second kappa shape index (κ2) is 8.31. The fourth-order valence-corrected chi connectivity index (χ4v) is 3.39. The summed E-state index contributed by atoms with van der Waals surface area (Å²) in [6, 6.07) is 16.7. The zero-order chi connectivity index (χ0) is 19.3. The first-order valence-electron chi connectivity index (χ1n) is 9.34. The van der Waals surface area contributed by atoms with Gasteiger partial charge in [0, 0.05) is 43.7 Å². The molecule has 4 rings (SSSR count). The third kappa shape index (κ3) is 4.26. The number of benzene rings is 2. The summed E-state index contributed by atoms with van der Waals surface area (Å²) in [6.45, 7) is 4.74. The van der Waals surface area contributed by atoms with Crippen molar-refractivity contribution in [3.63, 3.8) is 0 Å². The molecule has 0 radical (unpaired) electrons. The van der Waals surface area contributed by atoms with Crippen molar-refractivity contribution >= 4 is 0 Å². The molecule has 1 aliphatic rings. The Hall–Kier alpha value is -3.05. The van der Waals surface area contributed by atoms with Crippen LogP contribution in [0.2, 0.25) is 0 Å². The summed E-state index contributed by atoms with van der Waals surface area (Å²) in [5.41, 5.74) is 4.84. The molecule has 5 heteroatoms. The SMILES string of the molecule is COc1cc2c(cc1CN(Cc1ccncc1)Cc1ccc(C)cc1)OCO2. The van der Waals surface area contributed by atoms with Crippen LogP contribution < -0.4 is 14.2 Å². The van der Waals surface area contributed by atoms with Crippen LogP contribution in [0.15, 0.2) is 60.9 Å². The van der Waals surface area contributed by atoms with E-state index in [-0.39, 0.29) is 6.79 Å². The molecular weight excluding hydrogens is 352 g/mol. The largest absolute Gasteiger partial charge is 0.496 e. The number of aryl methyl sites for hydroxylation is 1. The molecule has 1 aromatic heterocycles. The number of fused-ring (bicyclic) bond motifs is 1. The molecule has 1 aliphatic heterocycles. The predicted molar refractivity (Wildman–Crippen MR) is 107 cm³/mol. The van der Waals surface area contributed by atoms with Gasteiger partial charge in [-0.2, -0.15) is 0 Å². The summed E-state index contributed by atoms with van der Waals surface area (Å²) in [7, 11) is 1.69. The molecule has 2 heterocycles. The summed E-state index contributed by atoms with van der Waals surface area (Å²) in [4.78, 5) is 6.52. The average Bonchev–Trinajstić information content (AvgIpc) is 3.17. The Morgan fingerprint density at radius 1 is 0.893 bits per heavy atom. The Morgan fingerprint density at radius 2 is 1.54 bits per heavy atom. The zero-order valence-electron chi connectivity index (χ0n) is 16.2. The lowest BCUT2D eigenvalue weighted by Gasteiger charge is -2.24. The van der Waals surface area contributed by atoms with Gasteiger partial charge in [0.15, 0.2) is 11.5 Å². The minimum absolute atomic E-state index is 0.256. The van der Waals surface area contributed by atoms with E-state index in [1.807, 2.05) is 24.5 Å². The van der Waals surface area contributed by atoms with Gasteiger partial charge in [0.2, 0.25) is 6.79 Å². The molecule has 2 aromatic carbocycles. The number of rotatable bonds is 7. The van der Waals surface area contributed by atoms with Crippen molar-refractivity contribution in [3.8, 4) is 17.2 Å². The maximum absolute atomic E-state index is 5.62. The average molecular weight is 376 g/mol. The summed E-state index contributed by atoms with van der Waals surface area (Å²) in [5, 5.41) is 0. The molecule has 0 aliphatic carbocycles. The van der Waals surface area contributed by atoms with Crippen molar-refractivity contribution in [1.29, 1.82) is 0 Å². The smallest absolute Gasteiger partial charge is 0.231 e. The topological polar surface area (TPSA) is 43.8 Å². The molecule has 0 saturated heterocycles. The Morgan fingerprint density at radius 3 is 2.21 bits per heavy atom. The van der Waals surface area contributed by atoms with E-state index in [1.54, 1.807) is 7.11 Å². The Labute approximate surface area is 165 Å². The molecule has 0 atom stereocenters. The fraction of sp³-hybridized carbons (Fsp3) is 0.261. The van der Waals surface area contributed by atoms with Crippen molar-refractivity contribution < 1.29 is 14.2 Å². The summed E-state index contributed by atoms with van der Waals surface area (Å²) >= 11 is 0. The summed E-state index contributed by atoms with van der Waals surface area (Å²) < 4.78 is 16.7. The number of hydrogen-bond donors (Lipinski definition) is 0. The lowest BCUT2D eigenvalue weighted by atomic mass is 10.1. The molecule has 0 unspecified atom stereocenters. The monoisotopic (exact) mass is 376 g/mol. The predicted octanol–water partition coefficient (Wildman–Crippen LogP) is 4.33. The highest BCUT2D eigenvalue weighted by Crippen LogP contribution is 2.38. The lowest BCUT2D eigenvalue weighted by molar-refractivity contribution is 0.173. The molecule has 28 heavy (non-hydrogen) atoms. The van der Waals surface area contributed by atoms with Crippen LogP contribution in [0, 0.1) is 6.92 Å². The van der Waals surface area contributed by atoms with Crippen LogP contribution in [0.25, 0.3) is 0 Å². The molecule has 0 bridgehead atoms. The summed E-state index contributed by atoms with van der Waals surface area (Å²) in [5.74, 6) is 2.32. The van der Waals surface area contributed by atoms with Gasteiger partial charge in [-0.1, -0.05) is 29.8 Å². The Balaban J connectivity index is 1.60. The minimum atomic E-state index is 0.256. The highest BCUT2D eigenvalue weighted by atomic mass is 16.7. The number of methoxy groups -OCH3 is 1. The number of hydrogen-bond acceptors (Lipinski definition) is 5. The zero-order valence-corrected chi connectivity index (χ0v) is 16.2. The van der Waals surface area contributed by atoms with Crippen LogP contribution in [0.3, 0.4) is 0 Å². The third-order valence-corrected chi connectivity index (χ3v) is 4.85. The molecule has 0 saturated carbocycles. The minimum Gasteiger partial charge on any atom is -0.496 e. The van der Waals surface area contributed by atoms with Crippen LogP contribution in [0.1, 0.15) is 22.3 Å². The molecule has 5 nitrogen and oxygen atoms in total. The Bertz CT molecular complexity index is 927. The second-order valence-electron chi connectivity index (χ2n) is 7.00. The van der Waals surface area contributed by atoms with Gasteiger partial charge in [-0.05, 0) is 36.2 Å². The number of ether oxygens (including phenoxy) is 3. The van der Waals surface area contributed by atoms with Crippen molar-refractivity contribution in [3.05, 3.63) is 83.2 Å². The first-order chi connectivity index (χ1) is 13.7. The van der Waals surface area contributed by atoms with E-state index in [4.69, 9.17) is 14.2 Å². The van der Waals surface area contributed by atoms with Gasteiger partial charge >= 0.3 is 0 Å². The van der Waals surface area contributed by atoms with Gasteiger partial charge in [-0.3, -0.25) is 9.88 Å². The van der Waals surface area contributed by atoms with Crippen molar-refractivity contribution in [1.82, 2.24) is 9.88 Å². The highest BCUT2D eigenvalue weighted by molar-refractivity contribution is 5.51. The van der Waals surface area contributed by atoms with E-state index in [1.165, 1.54) is 16.7 Å². The van der Waals surface area contributed by atoms with Crippen LogP contribution in [-0.2, 0) is 19.6 Å². The van der Waals surface area contributed by atoms with Gasteiger partial charge in [0.05, 0.1) is 7.11 Å². The van der Waals surface area contributed by atoms with Gasteiger partial charge in [0.25, 0.3) is 0 Å². The van der Waals surface area contributed by atoms with E-state index < -0.39 is 0 Å². The van der Waals surface area contributed by atoms with Crippen LogP contribution >= 0.6 is 0 Å². The Kier molecular flexibility index (Phi) is 5.44. The lowest BCUT2D eigenvalue weighted by Crippen LogP contribution is -2.22. The fourth-order valence-electron chi connectivity index (χ4n) is 3.39. The molecule has 144 valence electrons. The van der Waals surface area contributed by atoms with Crippen LogP contribution in [0.4, 0.5) is 0 Å². The molecule has 0 spiro atoms. The maximum atomic E-state index is 5.62. The molecule has 0 N–H and O–H groups in total. The van der Waals surface area contributed by atoms with Gasteiger partial charge < -0.3 is 14.2 Å². The van der Waals surface area contributed by atoms with Gasteiger partial charge in [-0.15, -0.1) is 0 Å². The van der Waals surface area contributed by atoms with E-state index in [0.717, 1.165) is 42.4 Å². The van der Waals surface area contributed by atoms with E-state index in [9.17, 15) is 0 Å². The number of nitrogens with zero attached hydrogens (tertiary/aromatic N) is 2. The van der Waals surface area contributed by atoms with Crippen LogP contribution in [-0.4, -0.2) is 23.8 Å². The van der Waals surface area contributed by atoms with Crippen LogP contribution in [0.5, 0.6) is 17.2 Å². The third-order valence-electron chi connectivity index (χ3n) is 4.85. The normalized spacial score (nSPS) is 12.4. The number of aromatic nitrogens is 1. The van der Waals surface area contributed by atoms with Gasteiger partial charge in [0.1, 0.15) is 5.75 Å². The van der Waals surface area contributed by atoms with E-state index >= 15 is 0 Å². The van der Waals surface area contributed by atoms with Crippen molar-refractivity contribution in [2.45, 2.75) is 26.6 Å². The quantitative estimate of drug-likeness (QED) is 0.614. The van der Waals surface area contributed by atoms with Gasteiger partial charge in [-0.25, -0.2) is 0 Å². The second-order valence-corrected chi connectivity index (χ2v) is 7.00. The molecule has 0 fully saturated rings. The molecular formula is C23H24N2O3. The first kappa shape index (κ1) is 18.3. The summed E-state index contributed by atoms with van der Waals surface area (Å²) in [6.07, 6.45) is 3.67. The first-order valence-corrected chi connectivity index (χ1v) is 9.34. The standard InChI is InChI=1S/C23H24N2O3/c1-17-3-5-18(6-4-17)13-25(14-19-7-9-24-10-8-19)15-20-11-22-23(28-16-27-22)12-21(20)26-2/h3-12H,13-16H2,1-2H3. The molecule has 0 amide bonds.